The maximum absolute atomic E-state index is 5.11. The summed E-state index contributed by atoms with van der Waals surface area (Å²) in [6, 6.07) is 25.6. The van der Waals surface area contributed by atoms with Crippen LogP contribution in [0.2, 0.25) is 0 Å². The monoisotopic (exact) mass is 467 g/mol. The molecule has 0 aliphatic carbocycles. The minimum absolute atomic E-state index is 0.163. The van der Waals surface area contributed by atoms with Crippen molar-refractivity contribution >= 4 is 28.5 Å². The van der Waals surface area contributed by atoms with Gasteiger partial charge in [-0.15, -0.1) is 22.7 Å². The maximum Gasteiger partial charge on any atom is 0.134 e. The van der Waals surface area contributed by atoms with E-state index in [1.54, 1.807) is 22.7 Å². The van der Waals surface area contributed by atoms with Crippen LogP contribution in [-0.2, 0) is 0 Å². The van der Waals surface area contributed by atoms with E-state index in [1.807, 2.05) is 12.3 Å². The molecule has 1 atom stereocenters. The van der Waals surface area contributed by atoms with Gasteiger partial charge in [0.15, 0.2) is 0 Å². The molecule has 2 aromatic carbocycles. The van der Waals surface area contributed by atoms with E-state index in [0.29, 0.717) is 0 Å². The van der Waals surface area contributed by atoms with Gasteiger partial charge in [0.25, 0.3) is 0 Å². The predicted molar refractivity (Wildman–Crippen MR) is 142 cm³/mol. The number of hydrogen-bond donors (Lipinski definition) is 1. The van der Waals surface area contributed by atoms with Crippen molar-refractivity contribution in [1.82, 2.24) is 9.97 Å². The van der Waals surface area contributed by atoms with Crippen LogP contribution in [-0.4, -0.2) is 9.97 Å². The first-order chi connectivity index (χ1) is 16.1. The molecule has 164 valence electrons. The van der Waals surface area contributed by atoms with Crippen LogP contribution in [0.4, 0.5) is 5.82 Å². The molecule has 0 saturated carbocycles. The van der Waals surface area contributed by atoms with Crippen LogP contribution in [0.15, 0.2) is 84.4 Å². The Morgan fingerprint density at radius 1 is 0.848 bits per heavy atom. The first-order valence-electron chi connectivity index (χ1n) is 11.0. The van der Waals surface area contributed by atoms with E-state index < -0.39 is 0 Å². The molecule has 0 spiro atoms. The molecule has 0 unspecified atom stereocenters. The van der Waals surface area contributed by atoms with Gasteiger partial charge >= 0.3 is 0 Å². The molecule has 0 amide bonds. The summed E-state index contributed by atoms with van der Waals surface area (Å²) in [4.78, 5) is 12.1. The van der Waals surface area contributed by atoms with Crippen molar-refractivity contribution in [1.29, 1.82) is 0 Å². The summed E-state index contributed by atoms with van der Waals surface area (Å²) in [6.45, 7) is 6.41. The lowest BCUT2D eigenvalue weighted by molar-refractivity contribution is 0.875. The summed E-state index contributed by atoms with van der Waals surface area (Å²) in [5.74, 6) is 0.862. The van der Waals surface area contributed by atoms with E-state index in [4.69, 9.17) is 4.98 Å². The third-order valence-corrected chi connectivity index (χ3v) is 7.87. The number of rotatable bonds is 6. The smallest absolute Gasteiger partial charge is 0.134 e. The van der Waals surface area contributed by atoms with E-state index in [-0.39, 0.29) is 6.04 Å². The largest absolute Gasteiger partial charge is 0.364 e. The Balaban J connectivity index is 1.55. The first kappa shape index (κ1) is 21.6. The molecule has 3 aromatic heterocycles. The second kappa shape index (κ2) is 9.30. The highest BCUT2D eigenvalue weighted by atomic mass is 32.1. The Hall–Kier alpha value is -3.28. The number of pyridine rings is 1. The maximum atomic E-state index is 5.11. The fraction of sp³-hybridized carbons (Fsp3) is 0.143. The molecule has 5 aromatic rings. The zero-order valence-corrected chi connectivity index (χ0v) is 20.5. The van der Waals surface area contributed by atoms with Crippen LogP contribution in [0, 0.1) is 13.8 Å². The highest BCUT2D eigenvalue weighted by Crippen LogP contribution is 2.42. The molecule has 0 radical (unpaired) electrons. The number of aryl methyl sites for hydroxylation is 2. The molecule has 3 heterocycles. The average Bonchev–Trinajstić information content (AvgIpc) is 3.46. The van der Waals surface area contributed by atoms with Crippen molar-refractivity contribution < 1.29 is 0 Å². The van der Waals surface area contributed by atoms with Gasteiger partial charge in [0, 0.05) is 17.8 Å². The molecule has 1 N–H and O–H groups in total. The zero-order valence-electron chi connectivity index (χ0n) is 18.9. The molecule has 5 rings (SSSR count). The SMILES string of the molecule is Cc1cccc(-c2nc(-c3cc(C)cs3)sc2-c2ccnc(N[C@@H](C)c3ccccc3)c2)c1. The Bertz CT molecular complexity index is 1390. The molecule has 3 nitrogen and oxygen atoms in total. The second-order valence-corrected chi connectivity index (χ2v) is 10.2. The zero-order chi connectivity index (χ0) is 22.8. The molecule has 0 aliphatic heterocycles. The van der Waals surface area contributed by atoms with Crippen LogP contribution in [0.1, 0.15) is 29.7 Å². The van der Waals surface area contributed by atoms with Gasteiger partial charge in [0.1, 0.15) is 10.8 Å². The lowest BCUT2D eigenvalue weighted by Gasteiger charge is -2.15. The highest BCUT2D eigenvalue weighted by molar-refractivity contribution is 7.23. The number of anilines is 1. The van der Waals surface area contributed by atoms with Crippen molar-refractivity contribution in [2.45, 2.75) is 26.8 Å². The molecule has 0 saturated heterocycles. The Morgan fingerprint density at radius 2 is 1.70 bits per heavy atom. The lowest BCUT2D eigenvalue weighted by Crippen LogP contribution is -2.07. The van der Waals surface area contributed by atoms with E-state index in [1.165, 1.54) is 26.4 Å². The van der Waals surface area contributed by atoms with Crippen LogP contribution >= 0.6 is 22.7 Å². The quantitative estimate of drug-likeness (QED) is 0.272. The number of nitrogens with zero attached hydrogens (tertiary/aromatic N) is 2. The first-order valence-corrected chi connectivity index (χ1v) is 12.7. The lowest BCUT2D eigenvalue weighted by atomic mass is 10.1. The van der Waals surface area contributed by atoms with Gasteiger partial charge in [0.05, 0.1) is 15.4 Å². The van der Waals surface area contributed by atoms with E-state index in [9.17, 15) is 0 Å². The van der Waals surface area contributed by atoms with Gasteiger partial charge < -0.3 is 5.32 Å². The summed E-state index contributed by atoms with van der Waals surface area (Å²) in [6.07, 6.45) is 1.88. The van der Waals surface area contributed by atoms with Gasteiger partial charge in [-0.2, -0.15) is 0 Å². The van der Waals surface area contributed by atoms with E-state index >= 15 is 0 Å². The average molecular weight is 468 g/mol. The Labute approximate surface area is 202 Å². The van der Waals surface area contributed by atoms with Crippen molar-refractivity contribution in [3.05, 3.63) is 101 Å². The number of thiophene rings is 1. The minimum Gasteiger partial charge on any atom is -0.364 e. The molecule has 33 heavy (non-hydrogen) atoms. The predicted octanol–water partition coefficient (Wildman–Crippen LogP) is 8.39. The summed E-state index contributed by atoms with van der Waals surface area (Å²) < 4.78 is 0. The standard InChI is InChI=1S/C28H25N3S2/c1-18-8-7-11-22(14-18)26-27(33-28(31-26)24-15-19(2)17-32-24)23-12-13-29-25(16-23)30-20(3)21-9-5-4-6-10-21/h4-17,20H,1-3H3,(H,29,30)/t20-/m0/s1. The third kappa shape index (κ3) is 4.75. The summed E-state index contributed by atoms with van der Waals surface area (Å²) in [5, 5.41) is 6.80. The third-order valence-electron chi connectivity index (χ3n) is 5.55. The number of benzene rings is 2. The molecular weight excluding hydrogens is 442 g/mol. The molecule has 5 heteroatoms. The number of aromatic nitrogens is 2. The van der Waals surface area contributed by atoms with Gasteiger partial charge in [0.2, 0.25) is 0 Å². The van der Waals surface area contributed by atoms with Gasteiger partial charge in [-0.25, -0.2) is 9.97 Å². The molecule has 0 bridgehead atoms. The van der Waals surface area contributed by atoms with E-state index in [2.05, 4.69) is 103 Å². The summed E-state index contributed by atoms with van der Waals surface area (Å²) >= 11 is 3.50. The van der Waals surface area contributed by atoms with Crippen molar-refractivity contribution in [3.63, 3.8) is 0 Å². The molecule has 0 aliphatic rings. The number of thiazole rings is 1. The number of nitrogens with one attached hydrogen (secondary N) is 1. The van der Waals surface area contributed by atoms with Crippen molar-refractivity contribution in [2.24, 2.45) is 0 Å². The normalized spacial score (nSPS) is 12.0. The van der Waals surface area contributed by atoms with Crippen LogP contribution < -0.4 is 5.32 Å². The molecular formula is C28H25N3S2. The molecule has 0 fully saturated rings. The second-order valence-electron chi connectivity index (χ2n) is 8.26. The van der Waals surface area contributed by atoms with Gasteiger partial charge in [-0.1, -0.05) is 54.1 Å². The van der Waals surface area contributed by atoms with Crippen molar-refractivity contribution in [3.8, 4) is 31.6 Å². The van der Waals surface area contributed by atoms with E-state index in [0.717, 1.165) is 27.6 Å². The Kier molecular flexibility index (Phi) is 6.07. The van der Waals surface area contributed by atoms with Crippen LogP contribution in [0.5, 0.6) is 0 Å². The van der Waals surface area contributed by atoms with Gasteiger partial charge in [-0.3, -0.25) is 0 Å². The van der Waals surface area contributed by atoms with Gasteiger partial charge in [-0.05, 0) is 67.1 Å². The fourth-order valence-electron chi connectivity index (χ4n) is 3.85. The van der Waals surface area contributed by atoms with Crippen LogP contribution in [0.3, 0.4) is 0 Å². The Morgan fingerprint density at radius 3 is 2.45 bits per heavy atom. The van der Waals surface area contributed by atoms with Crippen LogP contribution in [0.25, 0.3) is 31.6 Å². The van der Waals surface area contributed by atoms with Crippen molar-refractivity contribution in [2.75, 3.05) is 5.32 Å². The fourth-order valence-corrected chi connectivity index (χ4v) is 5.90. The minimum atomic E-state index is 0.163. The number of hydrogen-bond acceptors (Lipinski definition) is 5. The topological polar surface area (TPSA) is 37.8 Å². The summed E-state index contributed by atoms with van der Waals surface area (Å²) in [7, 11) is 0. The summed E-state index contributed by atoms with van der Waals surface area (Å²) in [5.41, 5.74) is 7.03. The highest BCUT2D eigenvalue weighted by Gasteiger charge is 2.18.